The Morgan fingerprint density at radius 2 is 1.62 bits per heavy atom. The Morgan fingerprint density at radius 1 is 0.958 bits per heavy atom. The maximum atomic E-state index is 14.1. The first-order chi connectivity index (χ1) is 11.3. The normalized spacial score (nSPS) is 14.2. The van der Waals surface area contributed by atoms with Gasteiger partial charge in [-0.3, -0.25) is 9.98 Å². The molecule has 124 valence electrons. The van der Waals surface area contributed by atoms with Crippen LogP contribution in [0.4, 0.5) is 27.6 Å². The highest BCUT2D eigenvalue weighted by Gasteiger charge is 2.36. The molecule has 1 heterocycles. The predicted octanol–water partition coefficient (Wildman–Crippen LogP) is 5.19. The molecule has 0 fully saturated rings. The van der Waals surface area contributed by atoms with E-state index in [1.54, 1.807) is 0 Å². The van der Waals surface area contributed by atoms with Crippen molar-refractivity contribution < 1.29 is 22.0 Å². The number of rotatable bonds is 1. The van der Waals surface area contributed by atoms with Crippen LogP contribution in [0.2, 0.25) is 5.02 Å². The van der Waals surface area contributed by atoms with E-state index in [2.05, 4.69) is 9.98 Å². The third kappa shape index (κ3) is 2.80. The van der Waals surface area contributed by atoms with Crippen molar-refractivity contribution >= 4 is 29.2 Å². The molecule has 0 atom stereocenters. The molecule has 2 aromatic rings. The van der Waals surface area contributed by atoms with Crippen LogP contribution >= 0.6 is 11.6 Å². The summed E-state index contributed by atoms with van der Waals surface area (Å²) in [5.74, 6) is -1.90. The molecule has 0 bridgehead atoms. The van der Waals surface area contributed by atoms with Gasteiger partial charge in [0.15, 0.2) is 0 Å². The first-order valence-electron chi connectivity index (χ1n) is 6.72. The fourth-order valence-corrected chi connectivity index (χ4v) is 2.75. The number of alkyl halides is 3. The van der Waals surface area contributed by atoms with E-state index < -0.39 is 34.0 Å². The molecule has 2 nitrogen and oxygen atoms in total. The standard InChI is InChI=1S/C16H8ClF5N2/c17-14-8(16(20,21)22)4-5-11-13(14)15(24-7-6-23-11)12-9(18)2-1-3-10(12)19/h1-6H,7H2. The summed E-state index contributed by atoms with van der Waals surface area (Å²) < 4.78 is 67.5. The molecule has 1 aliphatic heterocycles. The number of hydrogen-bond acceptors (Lipinski definition) is 2. The summed E-state index contributed by atoms with van der Waals surface area (Å²) in [5, 5.41) is -0.694. The topological polar surface area (TPSA) is 24.7 Å². The maximum absolute atomic E-state index is 14.1. The fourth-order valence-electron chi connectivity index (χ4n) is 2.40. The maximum Gasteiger partial charge on any atom is 0.417 e. The number of halogens is 6. The molecule has 0 radical (unpaired) electrons. The van der Waals surface area contributed by atoms with Crippen molar-refractivity contribution in [1.29, 1.82) is 0 Å². The van der Waals surface area contributed by atoms with E-state index >= 15 is 0 Å². The Hall–Kier alpha value is -2.28. The average molecular weight is 359 g/mol. The Bertz CT molecular complexity index is 851. The molecule has 0 aromatic heterocycles. The summed E-state index contributed by atoms with van der Waals surface area (Å²) in [7, 11) is 0. The van der Waals surface area contributed by atoms with Gasteiger partial charge < -0.3 is 0 Å². The minimum absolute atomic E-state index is 0.0462. The highest BCUT2D eigenvalue weighted by Crippen LogP contribution is 2.41. The van der Waals surface area contributed by atoms with Crippen LogP contribution in [-0.4, -0.2) is 18.5 Å². The van der Waals surface area contributed by atoms with Gasteiger partial charge in [0.05, 0.1) is 34.1 Å². The van der Waals surface area contributed by atoms with Gasteiger partial charge in [0.25, 0.3) is 0 Å². The van der Waals surface area contributed by atoms with E-state index in [0.717, 1.165) is 30.3 Å². The summed E-state index contributed by atoms with van der Waals surface area (Å²) in [6.07, 6.45) is -3.39. The average Bonchev–Trinajstić information content (AvgIpc) is 2.69. The summed E-state index contributed by atoms with van der Waals surface area (Å²) >= 11 is 5.91. The van der Waals surface area contributed by atoms with E-state index in [1.807, 2.05) is 0 Å². The second-order valence-electron chi connectivity index (χ2n) is 4.92. The molecular formula is C16H8ClF5N2. The van der Waals surface area contributed by atoms with Gasteiger partial charge in [-0.2, -0.15) is 13.2 Å². The van der Waals surface area contributed by atoms with Crippen LogP contribution in [0.3, 0.4) is 0 Å². The summed E-state index contributed by atoms with van der Waals surface area (Å²) in [4.78, 5) is 7.95. The lowest BCUT2D eigenvalue weighted by Crippen LogP contribution is -2.13. The van der Waals surface area contributed by atoms with Gasteiger partial charge >= 0.3 is 6.18 Å². The number of nitrogens with zero attached hydrogens (tertiary/aromatic N) is 2. The monoisotopic (exact) mass is 358 g/mol. The van der Waals surface area contributed by atoms with Gasteiger partial charge in [-0.1, -0.05) is 17.7 Å². The highest BCUT2D eigenvalue weighted by atomic mass is 35.5. The van der Waals surface area contributed by atoms with Crippen molar-refractivity contribution in [2.45, 2.75) is 6.18 Å². The molecule has 0 unspecified atom stereocenters. The van der Waals surface area contributed by atoms with Gasteiger partial charge in [0, 0.05) is 11.8 Å². The minimum atomic E-state index is -4.72. The second kappa shape index (κ2) is 5.98. The largest absolute Gasteiger partial charge is 0.417 e. The van der Waals surface area contributed by atoms with Crippen LogP contribution < -0.4 is 0 Å². The number of benzene rings is 2. The van der Waals surface area contributed by atoms with Crippen LogP contribution in [0.1, 0.15) is 16.7 Å². The van der Waals surface area contributed by atoms with Crippen molar-refractivity contribution in [2.75, 3.05) is 6.54 Å². The summed E-state index contributed by atoms with van der Waals surface area (Å²) in [6.45, 7) is -0.0462. The molecule has 0 aliphatic carbocycles. The Kier molecular flexibility index (Phi) is 4.13. The zero-order valence-corrected chi connectivity index (χ0v) is 12.6. The summed E-state index contributed by atoms with van der Waals surface area (Å²) in [5.41, 5.74) is -2.14. The van der Waals surface area contributed by atoms with Crippen LogP contribution in [0.5, 0.6) is 0 Å². The third-order valence-corrected chi connectivity index (χ3v) is 3.82. The van der Waals surface area contributed by atoms with Crippen LogP contribution in [-0.2, 0) is 6.18 Å². The number of aliphatic imine (C=N–C) groups is 2. The molecule has 8 heteroatoms. The molecule has 0 saturated heterocycles. The molecule has 1 aliphatic rings. The molecule has 0 spiro atoms. The van der Waals surface area contributed by atoms with Crippen molar-refractivity contribution in [2.24, 2.45) is 9.98 Å². The third-order valence-electron chi connectivity index (χ3n) is 3.42. The SMILES string of the molecule is Fc1cccc(F)c1C1=NCC=Nc2ccc(C(F)(F)F)c(Cl)c21. The second-order valence-corrected chi connectivity index (χ2v) is 5.29. The molecule has 3 rings (SSSR count). The lowest BCUT2D eigenvalue weighted by atomic mass is 9.97. The van der Waals surface area contributed by atoms with Crippen molar-refractivity contribution in [3.63, 3.8) is 0 Å². The lowest BCUT2D eigenvalue weighted by Gasteiger charge is -2.16. The van der Waals surface area contributed by atoms with Crippen LogP contribution in [0.15, 0.2) is 40.3 Å². The van der Waals surface area contributed by atoms with Crippen molar-refractivity contribution in [1.82, 2.24) is 0 Å². The van der Waals surface area contributed by atoms with E-state index in [-0.39, 0.29) is 23.5 Å². The zero-order chi connectivity index (χ0) is 17.5. The first-order valence-corrected chi connectivity index (χ1v) is 7.10. The van der Waals surface area contributed by atoms with E-state index in [1.165, 1.54) is 6.21 Å². The Balaban J connectivity index is 2.33. The molecule has 0 saturated carbocycles. The Morgan fingerprint density at radius 3 is 2.25 bits per heavy atom. The van der Waals surface area contributed by atoms with Gasteiger partial charge in [0.1, 0.15) is 11.6 Å². The minimum Gasteiger partial charge on any atom is -0.278 e. The predicted molar refractivity (Wildman–Crippen MR) is 81.5 cm³/mol. The van der Waals surface area contributed by atoms with E-state index in [4.69, 9.17) is 11.6 Å². The van der Waals surface area contributed by atoms with Gasteiger partial charge in [-0.15, -0.1) is 0 Å². The van der Waals surface area contributed by atoms with E-state index in [0.29, 0.717) is 0 Å². The smallest absolute Gasteiger partial charge is 0.278 e. The quantitative estimate of drug-likeness (QED) is 0.627. The zero-order valence-electron chi connectivity index (χ0n) is 11.8. The summed E-state index contributed by atoms with van der Waals surface area (Å²) in [6, 6.07) is 5.01. The number of fused-ring (bicyclic) bond motifs is 1. The highest BCUT2D eigenvalue weighted by molar-refractivity contribution is 6.37. The molecular weight excluding hydrogens is 351 g/mol. The molecule has 0 N–H and O–H groups in total. The molecule has 0 amide bonds. The number of hydrogen-bond donors (Lipinski definition) is 0. The van der Waals surface area contributed by atoms with Crippen molar-refractivity contribution in [3.8, 4) is 0 Å². The van der Waals surface area contributed by atoms with Crippen molar-refractivity contribution in [3.05, 3.63) is 63.7 Å². The van der Waals surface area contributed by atoms with Gasteiger partial charge in [-0.05, 0) is 24.3 Å². The fraction of sp³-hybridized carbons (Fsp3) is 0.125. The van der Waals surface area contributed by atoms with E-state index in [9.17, 15) is 22.0 Å². The molecule has 2 aromatic carbocycles. The van der Waals surface area contributed by atoms with Gasteiger partial charge in [0.2, 0.25) is 0 Å². The first kappa shape index (κ1) is 16.6. The lowest BCUT2D eigenvalue weighted by molar-refractivity contribution is -0.137. The molecule has 24 heavy (non-hydrogen) atoms. The van der Waals surface area contributed by atoms with Crippen LogP contribution in [0.25, 0.3) is 0 Å². The Labute approximate surface area is 138 Å². The van der Waals surface area contributed by atoms with Gasteiger partial charge in [-0.25, -0.2) is 8.78 Å². The van der Waals surface area contributed by atoms with Crippen LogP contribution in [0, 0.1) is 11.6 Å².